The molecule has 0 aliphatic carbocycles. The summed E-state index contributed by atoms with van der Waals surface area (Å²) in [7, 11) is 0. The van der Waals surface area contributed by atoms with Crippen molar-refractivity contribution in [1.29, 1.82) is 0 Å². The molecule has 1 aliphatic heterocycles. The molecule has 1 fully saturated rings. The SMILES string of the molecule is C=CC[C@H]1COO[C@@H]1[CH2][Hg][Br]. The van der Waals surface area contributed by atoms with Crippen LogP contribution in [-0.2, 0) is 31.9 Å². The fourth-order valence-corrected chi connectivity index (χ4v) is 8.23. The average molecular weight is 408 g/mol. The third-order valence-electron chi connectivity index (χ3n) is 1.86. The van der Waals surface area contributed by atoms with Gasteiger partial charge in [-0.15, -0.1) is 0 Å². The average Bonchev–Trinajstić information content (AvgIpc) is 2.39. The van der Waals surface area contributed by atoms with Crippen LogP contribution in [0.25, 0.3) is 0 Å². The van der Waals surface area contributed by atoms with Crippen molar-refractivity contribution in [1.82, 2.24) is 0 Å². The third kappa shape index (κ3) is 3.13. The second-order valence-corrected chi connectivity index (χ2v) is 13.4. The van der Waals surface area contributed by atoms with Gasteiger partial charge in [0.25, 0.3) is 0 Å². The molecular formula is C7H11BrHgO2. The van der Waals surface area contributed by atoms with Crippen molar-refractivity contribution in [2.24, 2.45) is 5.92 Å². The van der Waals surface area contributed by atoms with Gasteiger partial charge in [0.05, 0.1) is 0 Å². The standard InChI is InChI=1S/C7H11O2.BrH.Hg/c1-3-4-7-5-8-9-6(7)2;;/h3,6-7H,1-2,4-5H2;1H;/q;;+1/p-1/t6-,7+;;/m1../s1. The molecule has 0 saturated carbocycles. The van der Waals surface area contributed by atoms with E-state index in [0.717, 1.165) is 13.0 Å². The van der Waals surface area contributed by atoms with Crippen molar-refractivity contribution < 1.29 is 31.9 Å². The van der Waals surface area contributed by atoms with Crippen LogP contribution in [-0.4, -0.2) is 12.7 Å². The van der Waals surface area contributed by atoms with E-state index in [4.69, 9.17) is 9.78 Å². The predicted octanol–water partition coefficient (Wildman–Crippen LogP) is 2.32. The molecule has 0 radical (unpaired) electrons. The molecule has 0 amide bonds. The molecule has 2 atom stereocenters. The van der Waals surface area contributed by atoms with Crippen molar-refractivity contribution in [2.45, 2.75) is 16.5 Å². The Balaban J connectivity index is 2.31. The number of allylic oxidation sites excluding steroid dienone is 1. The molecule has 11 heavy (non-hydrogen) atoms. The van der Waals surface area contributed by atoms with E-state index in [1.54, 1.807) is 0 Å². The second-order valence-electron chi connectivity index (χ2n) is 2.68. The van der Waals surface area contributed by atoms with E-state index >= 15 is 0 Å². The monoisotopic (exact) mass is 408 g/mol. The third-order valence-corrected chi connectivity index (χ3v) is 8.94. The van der Waals surface area contributed by atoms with Crippen LogP contribution < -0.4 is 0 Å². The molecule has 1 aliphatic rings. The first-order valence-electron chi connectivity index (χ1n) is 3.83. The van der Waals surface area contributed by atoms with E-state index < -0.39 is 22.1 Å². The van der Waals surface area contributed by atoms with Crippen LogP contribution in [0.2, 0.25) is 3.93 Å². The Kier molecular flexibility index (Phi) is 5.24. The van der Waals surface area contributed by atoms with Gasteiger partial charge in [0.2, 0.25) is 0 Å². The van der Waals surface area contributed by atoms with Gasteiger partial charge in [0, 0.05) is 0 Å². The second kappa shape index (κ2) is 5.67. The summed E-state index contributed by atoms with van der Waals surface area (Å²) in [6.07, 6.45) is 3.32. The summed E-state index contributed by atoms with van der Waals surface area (Å²) in [5, 5.41) is 0. The molecule has 1 saturated heterocycles. The Hall–Kier alpha value is 1.08. The summed E-state index contributed by atoms with van der Waals surface area (Å²) in [5.74, 6) is 0.560. The van der Waals surface area contributed by atoms with E-state index in [2.05, 4.69) is 18.5 Å². The van der Waals surface area contributed by atoms with Gasteiger partial charge in [-0.1, -0.05) is 0 Å². The van der Waals surface area contributed by atoms with Gasteiger partial charge in [-0.05, 0) is 0 Å². The van der Waals surface area contributed by atoms with Gasteiger partial charge in [0.1, 0.15) is 0 Å². The van der Waals surface area contributed by atoms with Crippen LogP contribution in [0.5, 0.6) is 0 Å². The molecular weight excluding hydrogens is 397 g/mol. The van der Waals surface area contributed by atoms with Crippen LogP contribution in [0.3, 0.4) is 0 Å². The van der Waals surface area contributed by atoms with Crippen LogP contribution in [0.4, 0.5) is 0 Å². The van der Waals surface area contributed by atoms with Crippen LogP contribution in [0, 0.1) is 5.92 Å². The summed E-state index contributed by atoms with van der Waals surface area (Å²) in [4.78, 5) is 10.1. The molecule has 2 nitrogen and oxygen atoms in total. The Morgan fingerprint density at radius 2 is 2.55 bits per heavy atom. The number of halogens is 1. The van der Waals surface area contributed by atoms with Crippen molar-refractivity contribution in [3.05, 3.63) is 12.7 Å². The first-order valence-corrected chi connectivity index (χ1v) is 19.6. The normalized spacial score (nSPS) is 29.9. The van der Waals surface area contributed by atoms with Crippen LogP contribution in [0.15, 0.2) is 12.7 Å². The molecule has 0 bridgehead atoms. The molecule has 4 heteroatoms. The van der Waals surface area contributed by atoms with Gasteiger partial charge in [-0.2, -0.15) is 0 Å². The van der Waals surface area contributed by atoms with E-state index in [-0.39, 0.29) is 0 Å². The Labute approximate surface area is 84.9 Å². The minimum atomic E-state index is -0.726. The Morgan fingerprint density at radius 3 is 3.18 bits per heavy atom. The van der Waals surface area contributed by atoms with Gasteiger partial charge in [-0.25, -0.2) is 0 Å². The Bertz CT molecular complexity index is 132. The maximum absolute atomic E-state index is 5.14. The molecule has 0 aromatic heterocycles. The van der Waals surface area contributed by atoms with Crippen molar-refractivity contribution in [3.63, 3.8) is 0 Å². The first kappa shape index (κ1) is 10.2. The zero-order valence-corrected chi connectivity index (χ0v) is 13.5. The summed E-state index contributed by atoms with van der Waals surface area (Å²) in [6.45, 7) is 4.46. The van der Waals surface area contributed by atoms with Gasteiger partial charge < -0.3 is 0 Å². The zero-order valence-electron chi connectivity index (χ0n) is 6.46. The molecule has 60 valence electrons. The Morgan fingerprint density at radius 1 is 1.73 bits per heavy atom. The molecule has 1 heterocycles. The van der Waals surface area contributed by atoms with Gasteiger partial charge >= 0.3 is 85.5 Å². The minimum absolute atomic E-state index is 0.356. The number of rotatable bonds is 4. The van der Waals surface area contributed by atoms with Crippen LogP contribution in [0.1, 0.15) is 6.42 Å². The molecule has 0 spiro atoms. The van der Waals surface area contributed by atoms with Gasteiger partial charge in [0.15, 0.2) is 0 Å². The van der Waals surface area contributed by atoms with E-state index in [9.17, 15) is 0 Å². The summed E-state index contributed by atoms with van der Waals surface area (Å²) in [6, 6.07) is 0. The number of hydrogen-bond donors (Lipinski definition) is 0. The van der Waals surface area contributed by atoms with Gasteiger partial charge in [-0.3, -0.25) is 0 Å². The molecule has 0 N–H and O–H groups in total. The predicted molar refractivity (Wildman–Crippen MR) is 42.9 cm³/mol. The topological polar surface area (TPSA) is 18.5 Å². The summed E-state index contributed by atoms with van der Waals surface area (Å²) < 4.78 is 1.23. The van der Waals surface area contributed by atoms with Crippen molar-refractivity contribution in [3.8, 4) is 0 Å². The van der Waals surface area contributed by atoms with E-state index in [1.807, 2.05) is 6.08 Å². The van der Waals surface area contributed by atoms with E-state index in [0.29, 0.717) is 12.0 Å². The summed E-state index contributed by atoms with van der Waals surface area (Å²) in [5.41, 5.74) is 0. The molecule has 1 rings (SSSR count). The molecule has 0 unspecified atom stereocenters. The van der Waals surface area contributed by atoms with Crippen molar-refractivity contribution >= 4 is 11.9 Å². The van der Waals surface area contributed by atoms with Crippen molar-refractivity contribution in [2.75, 3.05) is 6.61 Å². The fraction of sp³-hybridized carbons (Fsp3) is 0.714. The quantitative estimate of drug-likeness (QED) is 0.405. The van der Waals surface area contributed by atoms with E-state index in [1.165, 1.54) is 3.93 Å². The first-order chi connectivity index (χ1) is 5.38. The molecule has 0 aromatic rings. The molecule has 0 aromatic carbocycles. The summed E-state index contributed by atoms with van der Waals surface area (Å²) >= 11 is 2.87. The maximum atomic E-state index is 5.14. The zero-order chi connectivity index (χ0) is 8.10. The number of hydrogen-bond acceptors (Lipinski definition) is 2. The fourth-order valence-electron chi connectivity index (χ4n) is 1.23. The van der Waals surface area contributed by atoms with Crippen LogP contribution >= 0.6 is 11.9 Å².